The molecular weight excluding hydrogens is 238 g/mol. The molecule has 18 heavy (non-hydrogen) atoms. The summed E-state index contributed by atoms with van der Waals surface area (Å²) >= 11 is 2.15. The van der Waals surface area contributed by atoms with Crippen LogP contribution in [0.15, 0.2) is 30.3 Å². The Hall–Kier alpha value is -0.470. The Morgan fingerprint density at radius 1 is 1.17 bits per heavy atom. The summed E-state index contributed by atoms with van der Waals surface area (Å²) in [5.74, 6) is 1.16. The normalized spacial score (nSPS) is 24.1. The Balaban J connectivity index is 1.81. The van der Waals surface area contributed by atoms with Gasteiger partial charge in [0.2, 0.25) is 0 Å². The molecule has 2 unspecified atom stereocenters. The Bertz CT molecular complexity index is 325. The summed E-state index contributed by atoms with van der Waals surface area (Å²) in [6.45, 7) is 3.43. The molecular formula is C16H25NS. The van der Waals surface area contributed by atoms with Crippen LogP contribution in [0.5, 0.6) is 0 Å². The van der Waals surface area contributed by atoms with Crippen LogP contribution in [-0.4, -0.2) is 17.8 Å². The van der Waals surface area contributed by atoms with Crippen LogP contribution >= 0.6 is 11.8 Å². The lowest BCUT2D eigenvalue weighted by Gasteiger charge is -2.32. The maximum Gasteiger partial charge on any atom is 0.0204 e. The molecule has 1 nitrogen and oxygen atoms in total. The first-order valence-electron chi connectivity index (χ1n) is 7.29. The first-order valence-corrected chi connectivity index (χ1v) is 8.34. The molecule has 0 amide bonds. The minimum absolute atomic E-state index is 0.743. The van der Waals surface area contributed by atoms with Crippen molar-refractivity contribution >= 4 is 11.8 Å². The van der Waals surface area contributed by atoms with Crippen molar-refractivity contribution in [2.45, 2.75) is 56.1 Å². The maximum absolute atomic E-state index is 3.74. The fourth-order valence-electron chi connectivity index (χ4n) is 2.64. The van der Waals surface area contributed by atoms with E-state index in [0.717, 1.165) is 17.0 Å². The number of rotatable bonds is 6. The minimum atomic E-state index is 0.743. The Morgan fingerprint density at radius 2 is 1.94 bits per heavy atom. The van der Waals surface area contributed by atoms with Gasteiger partial charge in [-0.1, -0.05) is 50.1 Å². The molecule has 1 aliphatic rings. The molecule has 1 aromatic rings. The second kappa shape index (κ2) is 7.85. The van der Waals surface area contributed by atoms with Crippen molar-refractivity contribution in [1.82, 2.24) is 5.32 Å². The van der Waals surface area contributed by atoms with Crippen LogP contribution in [0, 0.1) is 0 Å². The second-order valence-electron chi connectivity index (χ2n) is 5.18. The molecule has 1 aromatic carbocycles. The molecule has 1 N–H and O–H groups in total. The number of thioether (sulfide) groups is 1. The number of hydrogen-bond acceptors (Lipinski definition) is 2. The molecule has 2 atom stereocenters. The maximum atomic E-state index is 3.74. The van der Waals surface area contributed by atoms with Crippen LogP contribution in [0.25, 0.3) is 0 Å². The quantitative estimate of drug-likeness (QED) is 0.824. The highest BCUT2D eigenvalue weighted by Gasteiger charge is 2.24. The number of benzene rings is 1. The summed E-state index contributed by atoms with van der Waals surface area (Å²) in [6.07, 6.45) is 6.82. The zero-order valence-corrected chi connectivity index (χ0v) is 12.2. The van der Waals surface area contributed by atoms with Crippen LogP contribution in [0.3, 0.4) is 0 Å². The zero-order valence-electron chi connectivity index (χ0n) is 11.4. The predicted molar refractivity (Wildman–Crippen MR) is 82.1 cm³/mol. The van der Waals surface area contributed by atoms with Crippen LogP contribution in [0.2, 0.25) is 0 Å². The first kappa shape index (κ1) is 14.0. The molecule has 0 spiro atoms. The highest BCUT2D eigenvalue weighted by molar-refractivity contribution is 7.99. The Morgan fingerprint density at radius 3 is 2.72 bits per heavy atom. The van der Waals surface area contributed by atoms with E-state index >= 15 is 0 Å². The molecule has 0 bridgehead atoms. The third-order valence-electron chi connectivity index (χ3n) is 3.67. The molecule has 2 rings (SSSR count). The van der Waals surface area contributed by atoms with E-state index in [1.165, 1.54) is 44.2 Å². The third kappa shape index (κ3) is 4.33. The molecule has 0 heterocycles. The van der Waals surface area contributed by atoms with Gasteiger partial charge in [0.1, 0.15) is 0 Å². The molecule has 100 valence electrons. The standard InChI is InChI=1S/C16H25NS/c1-2-12-17-15-10-6-7-11-16(15)18-13-14-8-4-3-5-9-14/h3-5,8-9,15-17H,2,6-7,10-13H2,1H3. The molecule has 0 aromatic heterocycles. The van der Waals surface area contributed by atoms with Gasteiger partial charge in [-0.25, -0.2) is 0 Å². The summed E-state index contributed by atoms with van der Waals surface area (Å²) in [4.78, 5) is 0. The summed E-state index contributed by atoms with van der Waals surface area (Å²) in [7, 11) is 0. The third-order valence-corrected chi connectivity index (χ3v) is 5.16. The SMILES string of the molecule is CCCNC1CCCCC1SCc1ccccc1. The minimum Gasteiger partial charge on any atom is -0.313 e. The highest BCUT2D eigenvalue weighted by atomic mass is 32.2. The van der Waals surface area contributed by atoms with Gasteiger partial charge in [0.25, 0.3) is 0 Å². The van der Waals surface area contributed by atoms with Gasteiger partial charge in [0.15, 0.2) is 0 Å². The topological polar surface area (TPSA) is 12.0 Å². The van der Waals surface area contributed by atoms with Crippen LogP contribution < -0.4 is 5.32 Å². The largest absolute Gasteiger partial charge is 0.313 e. The summed E-state index contributed by atoms with van der Waals surface area (Å²) in [5.41, 5.74) is 1.46. The molecule has 1 saturated carbocycles. The van der Waals surface area contributed by atoms with Gasteiger partial charge < -0.3 is 5.32 Å². The lowest BCUT2D eigenvalue weighted by atomic mass is 9.95. The fourth-order valence-corrected chi connectivity index (χ4v) is 4.03. The molecule has 0 aliphatic heterocycles. The molecule has 1 fully saturated rings. The van der Waals surface area contributed by atoms with Crippen LogP contribution in [-0.2, 0) is 5.75 Å². The van der Waals surface area contributed by atoms with E-state index in [0.29, 0.717) is 0 Å². The second-order valence-corrected chi connectivity index (χ2v) is 6.41. The summed E-state index contributed by atoms with van der Waals surface area (Å²) in [5, 5.41) is 4.55. The fraction of sp³-hybridized carbons (Fsp3) is 0.625. The van der Waals surface area contributed by atoms with Gasteiger partial charge in [-0.3, -0.25) is 0 Å². The average Bonchev–Trinajstić information content (AvgIpc) is 2.45. The number of nitrogens with one attached hydrogen (secondary N) is 1. The molecule has 0 radical (unpaired) electrons. The van der Waals surface area contributed by atoms with E-state index in [1.807, 2.05) is 0 Å². The summed E-state index contributed by atoms with van der Waals surface area (Å²) in [6, 6.07) is 11.6. The first-order chi connectivity index (χ1) is 8.90. The van der Waals surface area contributed by atoms with Crippen molar-refractivity contribution in [3.63, 3.8) is 0 Å². The molecule has 1 aliphatic carbocycles. The van der Waals surface area contributed by atoms with E-state index < -0.39 is 0 Å². The lowest BCUT2D eigenvalue weighted by molar-refractivity contribution is 0.384. The van der Waals surface area contributed by atoms with Crippen molar-refractivity contribution < 1.29 is 0 Å². The van der Waals surface area contributed by atoms with E-state index in [4.69, 9.17) is 0 Å². The predicted octanol–water partition coefficient (Wildman–Crippen LogP) is 4.23. The van der Waals surface area contributed by atoms with Crippen molar-refractivity contribution in [1.29, 1.82) is 0 Å². The van der Waals surface area contributed by atoms with Crippen molar-refractivity contribution in [2.75, 3.05) is 6.54 Å². The van der Waals surface area contributed by atoms with E-state index in [1.54, 1.807) is 0 Å². The Kier molecular flexibility index (Phi) is 6.09. The Labute approximate surface area is 116 Å². The van der Waals surface area contributed by atoms with Gasteiger partial charge in [-0.05, 0) is 31.4 Å². The van der Waals surface area contributed by atoms with Gasteiger partial charge in [-0.2, -0.15) is 11.8 Å². The van der Waals surface area contributed by atoms with E-state index in [-0.39, 0.29) is 0 Å². The number of hydrogen-bond donors (Lipinski definition) is 1. The molecule has 2 heteroatoms. The smallest absolute Gasteiger partial charge is 0.0204 e. The average molecular weight is 263 g/mol. The molecule has 0 saturated heterocycles. The van der Waals surface area contributed by atoms with E-state index in [2.05, 4.69) is 54.3 Å². The van der Waals surface area contributed by atoms with E-state index in [9.17, 15) is 0 Å². The van der Waals surface area contributed by atoms with Gasteiger partial charge in [0.05, 0.1) is 0 Å². The lowest BCUT2D eigenvalue weighted by Crippen LogP contribution is -2.40. The van der Waals surface area contributed by atoms with Crippen molar-refractivity contribution in [2.24, 2.45) is 0 Å². The van der Waals surface area contributed by atoms with Gasteiger partial charge in [0, 0.05) is 17.0 Å². The highest BCUT2D eigenvalue weighted by Crippen LogP contribution is 2.30. The zero-order chi connectivity index (χ0) is 12.6. The van der Waals surface area contributed by atoms with Crippen molar-refractivity contribution in [3.8, 4) is 0 Å². The van der Waals surface area contributed by atoms with Crippen LogP contribution in [0.1, 0.15) is 44.6 Å². The van der Waals surface area contributed by atoms with Crippen LogP contribution in [0.4, 0.5) is 0 Å². The van der Waals surface area contributed by atoms with Gasteiger partial charge >= 0.3 is 0 Å². The van der Waals surface area contributed by atoms with Crippen molar-refractivity contribution in [3.05, 3.63) is 35.9 Å². The van der Waals surface area contributed by atoms with Gasteiger partial charge in [-0.15, -0.1) is 0 Å². The monoisotopic (exact) mass is 263 g/mol. The summed E-state index contributed by atoms with van der Waals surface area (Å²) < 4.78 is 0.